The van der Waals surface area contributed by atoms with E-state index in [1.807, 2.05) is 17.2 Å². The number of aromatic nitrogens is 1. The predicted molar refractivity (Wildman–Crippen MR) is 68.3 cm³/mol. The SMILES string of the molecule is COC(=O)[C@@H]1[C@H](O)CCCN1Cc1nc(C)cs1. The number of aliphatic hydroxyl groups excluding tert-OH is 1. The molecule has 0 bridgehead atoms. The second kappa shape index (κ2) is 5.77. The number of hydrogen-bond acceptors (Lipinski definition) is 6. The summed E-state index contributed by atoms with van der Waals surface area (Å²) in [6.07, 6.45) is 0.888. The van der Waals surface area contributed by atoms with Gasteiger partial charge in [-0.1, -0.05) is 0 Å². The molecule has 0 saturated carbocycles. The van der Waals surface area contributed by atoms with Crippen LogP contribution in [0.5, 0.6) is 0 Å². The van der Waals surface area contributed by atoms with Crippen molar-refractivity contribution >= 4 is 17.3 Å². The fourth-order valence-electron chi connectivity index (χ4n) is 2.30. The lowest BCUT2D eigenvalue weighted by molar-refractivity contribution is -0.154. The van der Waals surface area contributed by atoms with E-state index in [1.165, 1.54) is 7.11 Å². The summed E-state index contributed by atoms with van der Waals surface area (Å²) >= 11 is 1.58. The maximum atomic E-state index is 11.7. The summed E-state index contributed by atoms with van der Waals surface area (Å²) in [6, 6.07) is -0.562. The molecular formula is C12H18N2O3S. The van der Waals surface area contributed by atoms with Crippen LogP contribution in [0.15, 0.2) is 5.38 Å². The third-order valence-corrected chi connectivity index (χ3v) is 4.10. The van der Waals surface area contributed by atoms with Crippen molar-refractivity contribution in [2.24, 2.45) is 0 Å². The van der Waals surface area contributed by atoms with Crippen LogP contribution in [0.1, 0.15) is 23.5 Å². The largest absolute Gasteiger partial charge is 0.468 e. The summed E-state index contributed by atoms with van der Waals surface area (Å²) in [4.78, 5) is 18.1. The van der Waals surface area contributed by atoms with Gasteiger partial charge in [0.2, 0.25) is 0 Å². The molecule has 1 aliphatic rings. The minimum atomic E-state index is -0.646. The van der Waals surface area contributed by atoms with E-state index < -0.39 is 12.1 Å². The van der Waals surface area contributed by atoms with Crippen molar-refractivity contribution in [3.05, 3.63) is 16.1 Å². The maximum absolute atomic E-state index is 11.7. The number of piperidine rings is 1. The van der Waals surface area contributed by atoms with Gasteiger partial charge in [0.25, 0.3) is 0 Å². The lowest BCUT2D eigenvalue weighted by Crippen LogP contribution is -2.52. The highest BCUT2D eigenvalue weighted by Gasteiger charge is 2.36. The molecule has 2 atom stereocenters. The average Bonchev–Trinajstić information content (AvgIpc) is 2.74. The molecule has 0 unspecified atom stereocenters. The predicted octanol–water partition coefficient (Wildman–Crippen LogP) is 0.950. The molecule has 0 spiro atoms. The van der Waals surface area contributed by atoms with Gasteiger partial charge in [-0.25, -0.2) is 4.98 Å². The van der Waals surface area contributed by atoms with Crippen LogP contribution in [0.4, 0.5) is 0 Å². The molecule has 1 saturated heterocycles. The zero-order valence-electron chi connectivity index (χ0n) is 10.6. The Bertz CT molecular complexity index is 421. The van der Waals surface area contributed by atoms with Crippen molar-refractivity contribution < 1.29 is 14.6 Å². The molecule has 0 aliphatic carbocycles. The van der Waals surface area contributed by atoms with Crippen LogP contribution in [0.3, 0.4) is 0 Å². The van der Waals surface area contributed by atoms with Gasteiger partial charge >= 0.3 is 5.97 Å². The van der Waals surface area contributed by atoms with Gasteiger partial charge in [0.15, 0.2) is 0 Å². The monoisotopic (exact) mass is 270 g/mol. The molecule has 5 nitrogen and oxygen atoms in total. The Hall–Kier alpha value is -0.980. The first-order chi connectivity index (χ1) is 8.61. The number of carbonyl (C=O) groups is 1. The zero-order valence-corrected chi connectivity index (χ0v) is 11.4. The third kappa shape index (κ3) is 2.88. The number of aryl methyl sites for hydroxylation is 1. The second-order valence-corrected chi connectivity index (χ2v) is 5.47. The first-order valence-electron chi connectivity index (χ1n) is 6.02. The van der Waals surface area contributed by atoms with E-state index in [0.717, 1.165) is 23.7 Å². The molecule has 1 N–H and O–H groups in total. The highest BCUT2D eigenvalue weighted by atomic mass is 32.1. The lowest BCUT2D eigenvalue weighted by atomic mass is 9.99. The lowest BCUT2D eigenvalue weighted by Gasteiger charge is -2.36. The Morgan fingerprint density at radius 1 is 1.72 bits per heavy atom. The highest BCUT2D eigenvalue weighted by molar-refractivity contribution is 7.09. The molecule has 1 fully saturated rings. The molecule has 6 heteroatoms. The Morgan fingerprint density at radius 2 is 2.50 bits per heavy atom. The normalized spacial score (nSPS) is 25.1. The van der Waals surface area contributed by atoms with Gasteiger partial charge in [0.05, 0.1) is 19.8 Å². The Kier molecular flexibility index (Phi) is 4.31. The van der Waals surface area contributed by atoms with E-state index in [9.17, 15) is 9.90 Å². The van der Waals surface area contributed by atoms with E-state index in [1.54, 1.807) is 11.3 Å². The molecule has 100 valence electrons. The molecule has 0 amide bonds. The van der Waals surface area contributed by atoms with Crippen LogP contribution in [-0.4, -0.2) is 46.8 Å². The number of rotatable bonds is 3. The summed E-state index contributed by atoms with van der Waals surface area (Å²) in [6.45, 7) is 3.33. The molecule has 18 heavy (non-hydrogen) atoms. The Labute approximate surface area is 110 Å². The van der Waals surface area contributed by atoms with E-state index in [2.05, 4.69) is 4.98 Å². The van der Waals surface area contributed by atoms with Gasteiger partial charge in [-0.2, -0.15) is 0 Å². The molecule has 1 aliphatic heterocycles. The van der Waals surface area contributed by atoms with Gasteiger partial charge < -0.3 is 9.84 Å². The minimum Gasteiger partial charge on any atom is -0.468 e. The number of esters is 1. The Morgan fingerprint density at radius 3 is 3.11 bits per heavy atom. The van der Waals surface area contributed by atoms with Crippen LogP contribution >= 0.6 is 11.3 Å². The number of likely N-dealkylation sites (tertiary alicyclic amines) is 1. The fraction of sp³-hybridized carbons (Fsp3) is 0.667. The molecule has 0 aromatic carbocycles. The average molecular weight is 270 g/mol. The van der Waals surface area contributed by atoms with Crippen LogP contribution in [0.25, 0.3) is 0 Å². The first kappa shape index (κ1) is 13.5. The van der Waals surface area contributed by atoms with Crippen molar-refractivity contribution in [3.8, 4) is 0 Å². The maximum Gasteiger partial charge on any atom is 0.325 e. The summed E-state index contributed by atoms with van der Waals surface area (Å²) in [5, 5.41) is 12.9. The summed E-state index contributed by atoms with van der Waals surface area (Å²) in [7, 11) is 1.36. The first-order valence-corrected chi connectivity index (χ1v) is 6.90. The van der Waals surface area contributed by atoms with Crippen molar-refractivity contribution in [2.75, 3.05) is 13.7 Å². The molecular weight excluding hydrogens is 252 g/mol. The van der Waals surface area contributed by atoms with Crippen LogP contribution in [0.2, 0.25) is 0 Å². The van der Waals surface area contributed by atoms with Crippen molar-refractivity contribution in [1.82, 2.24) is 9.88 Å². The van der Waals surface area contributed by atoms with Gasteiger partial charge in [-0.15, -0.1) is 11.3 Å². The molecule has 1 aromatic heterocycles. The number of methoxy groups -OCH3 is 1. The number of aliphatic hydroxyl groups is 1. The molecule has 1 aromatic rings. The van der Waals surface area contributed by atoms with Gasteiger partial charge in [-0.3, -0.25) is 9.69 Å². The Balaban J connectivity index is 2.10. The summed E-state index contributed by atoms with van der Waals surface area (Å²) in [5.74, 6) is -0.365. The second-order valence-electron chi connectivity index (χ2n) is 4.53. The van der Waals surface area contributed by atoms with E-state index in [4.69, 9.17) is 4.74 Å². The summed E-state index contributed by atoms with van der Waals surface area (Å²) in [5.41, 5.74) is 0.988. The standard InChI is InChI=1S/C12H18N2O3S/c1-8-7-18-10(13-8)6-14-5-3-4-9(15)11(14)12(16)17-2/h7,9,11,15H,3-6H2,1-2H3/t9-,11+/m1/s1. The van der Waals surface area contributed by atoms with Crippen LogP contribution < -0.4 is 0 Å². The van der Waals surface area contributed by atoms with E-state index >= 15 is 0 Å². The number of ether oxygens (including phenoxy) is 1. The smallest absolute Gasteiger partial charge is 0.325 e. The molecule has 2 rings (SSSR count). The van der Waals surface area contributed by atoms with E-state index in [-0.39, 0.29) is 5.97 Å². The number of nitrogens with zero attached hydrogens (tertiary/aromatic N) is 2. The minimum absolute atomic E-state index is 0.365. The van der Waals surface area contributed by atoms with Crippen LogP contribution in [0, 0.1) is 6.92 Å². The topological polar surface area (TPSA) is 62.7 Å². The molecule has 0 radical (unpaired) electrons. The number of carbonyl (C=O) groups excluding carboxylic acids is 1. The number of thiazole rings is 1. The van der Waals surface area contributed by atoms with Crippen molar-refractivity contribution in [3.63, 3.8) is 0 Å². The molecule has 2 heterocycles. The highest BCUT2D eigenvalue weighted by Crippen LogP contribution is 2.22. The quantitative estimate of drug-likeness (QED) is 0.829. The van der Waals surface area contributed by atoms with Gasteiger partial charge in [0, 0.05) is 11.1 Å². The summed E-state index contributed by atoms with van der Waals surface area (Å²) < 4.78 is 4.78. The van der Waals surface area contributed by atoms with Gasteiger partial charge in [-0.05, 0) is 26.3 Å². The fourth-order valence-corrected chi connectivity index (χ4v) is 3.09. The van der Waals surface area contributed by atoms with Crippen molar-refractivity contribution in [1.29, 1.82) is 0 Å². The van der Waals surface area contributed by atoms with E-state index in [0.29, 0.717) is 13.0 Å². The van der Waals surface area contributed by atoms with Crippen molar-refractivity contribution in [2.45, 2.75) is 38.5 Å². The van der Waals surface area contributed by atoms with Crippen LogP contribution in [-0.2, 0) is 16.1 Å². The number of hydrogen-bond donors (Lipinski definition) is 1. The van der Waals surface area contributed by atoms with Gasteiger partial charge in [0.1, 0.15) is 11.0 Å². The zero-order chi connectivity index (χ0) is 13.1. The third-order valence-electron chi connectivity index (χ3n) is 3.15.